The molecule has 0 aliphatic carbocycles. The Labute approximate surface area is 146 Å². The first kappa shape index (κ1) is 15.4. The predicted octanol–water partition coefficient (Wildman–Crippen LogP) is 4.72. The molecule has 0 spiro atoms. The van der Waals surface area contributed by atoms with Gasteiger partial charge in [-0.15, -0.1) is 0 Å². The van der Waals surface area contributed by atoms with Gasteiger partial charge >= 0.3 is 0 Å². The first-order chi connectivity index (χ1) is 11.7. The highest BCUT2D eigenvalue weighted by Crippen LogP contribution is 2.34. The van der Waals surface area contributed by atoms with Crippen LogP contribution in [-0.4, -0.2) is 36.3 Å². The number of carbonyl (C=O) groups is 1. The molecular formula is C20H19ClN2O. The van der Waals surface area contributed by atoms with Crippen LogP contribution >= 0.6 is 11.6 Å². The molecule has 3 nitrogen and oxygen atoms in total. The van der Waals surface area contributed by atoms with Crippen molar-refractivity contribution in [3.63, 3.8) is 0 Å². The van der Waals surface area contributed by atoms with E-state index in [1.54, 1.807) is 6.20 Å². The lowest BCUT2D eigenvalue weighted by atomic mass is 9.95. The number of rotatable bonds is 3. The van der Waals surface area contributed by atoms with E-state index >= 15 is 0 Å². The van der Waals surface area contributed by atoms with Gasteiger partial charge in [0.25, 0.3) is 0 Å². The minimum absolute atomic E-state index is 0.619. The topological polar surface area (TPSA) is 36.1 Å². The number of likely N-dealkylation sites (tertiary alicyclic amines) is 1. The van der Waals surface area contributed by atoms with Gasteiger partial charge in [0.15, 0.2) is 6.29 Å². The van der Waals surface area contributed by atoms with Crippen LogP contribution in [0.25, 0.3) is 22.0 Å². The molecule has 0 unspecified atom stereocenters. The monoisotopic (exact) mass is 338 g/mol. The van der Waals surface area contributed by atoms with Crippen molar-refractivity contribution >= 4 is 28.8 Å². The average molecular weight is 339 g/mol. The van der Waals surface area contributed by atoms with Crippen LogP contribution in [0.5, 0.6) is 0 Å². The number of aromatic amines is 1. The van der Waals surface area contributed by atoms with E-state index in [4.69, 9.17) is 11.6 Å². The number of halogens is 1. The number of carbonyl (C=O) groups excluding carboxylic acids is 1. The Kier molecular flexibility index (Phi) is 3.91. The highest BCUT2D eigenvalue weighted by atomic mass is 35.5. The van der Waals surface area contributed by atoms with Gasteiger partial charge in [-0.25, -0.2) is 0 Å². The SMILES string of the molecule is CN1CC[C@@H](c2ccc(-c3cc4c(C=O)c[nH]c4cc3Cl)cc2)C1. The molecule has 0 radical (unpaired) electrons. The second-order valence-electron chi connectivity index (χ2n) is 6.61. The van der Waals surface area contributed by atoms with Gasteiger partial charge in [-0.1, -0.05) is 35.9 Å². The van der Waals surface area contributed by atoms with Crippen molar-refractivity contribution in [2.45, 2.75) is 12.3 Å². The molecule has 1 fully saturated rings. The first-order valence-electron chi connectivity index (χ1n) is 8.20. The molecule has 4 heteroatoms. The summed E-state index contributed by atoms with van der Waals surface area (Å²) < 4.78 is 0. The minimum Gasteiger partial charge on any atom is -0.360 e. The number of likely N-dealkylation sites (N-methyl/N-ethyl adjacent to an activating group) is 1. The molecule has 2 heterocycles. The molecule has 1 N–H and O–H groups in total. The zero-order valence-corrected chi connectivity index (χ0v) is 14.3. The van der Waals surface area contributed by atoms with Gasteiger partial charge in [0.05, 0.1) is 5.02 Å². The van der Waals surface area contributed by atoms with E-state index in [2.05, 4.69) is 41.2 Å². The third-order valence-electron chi connectivity index (χ3n) is 5.01. The quantitative estimate of drug-likeness (QED) is 0.701. The maximum absolute atomic E-state index is 11.2. The van der Waals surface area contributed by atoms with Crippen molar-refractivity contribution in [2.24, 2.45) is 0 Å². The van der Waals surface area contributed by atoms with Crippen LogP contribution in [0.15, 0.2) is 42.6 Å². The molecule has 0 bridgehead atoms. The molecule has 0 saturated carbocycles. The van der Waals surface area contributed by atoms with E-state index in [0.29, 0.717) is 16.5 Å². The van der Waals surface area contributed by atoms with Crippen molar-refractivity contribution in [1.82, 2.24) is 9.88 Å². The Balaban J connectivity index is 1.71. The van der Waals surface area contributed by atoms with Crippen LogP contribution in [0.3, 0.4) is 0 Å². The summed E-state index contributed by atoms with van der Waals surface area (Å²) in [6.07, 6.45) is 3.81. The molecule has 3 aromatic rings. The molecule has 0 amide bonds. The average Bonchev–Trinajstić information content (AvgIpc) is 3.20. The summed E-state index contributed by atoms with van der Waals surface area (Å²) in [6.45, 7) is 2.29. The lowest BCUT2D eigenvalue weighted by Gasteiger charge is -2.12. The molecule has 1 aliphatic heterocycles. The summed E-state index contributed by atoms with van der Waals surface area (Å²) in [5.41, 5.74) is 4.97. The minimum atomic E-state index is 0.619. The van der Waals surface area contributed by atoms with Crippen molar-refractivity contribution in [2.75, 3.05) is 20.1 Å². The van der Waals surface area contributed by atoms with Crippen molar-refractivity contribution < 1.29 is 4.79 Å². The van der Waals surface area contributed by atoms with Gasteiger partial charge in [-0.3, -0.25) is 4.79 Å². The van der Waals surface area contributed by atoms with Gasteiger partial charge < -0.3 is 9.88 Å². The fourth-order valence-corrected chi connectivity index (χ4v) is 3.90. The Morgan fingerprint density at radius 2 is 2.04 bits per heavy atom. The van der Waals surface area contributed by atoms with E-state index in [-0.39, 0.29) is 0 Å². The Morgan fingerprint density at radius 3 is 2.71 bits per heavy atom. The van der Waals surface area contributed by atoms with E-state index in [9.17, 15) is 4.79 Å². The molecule has 122 valence electrons. The molecule has 1 saturated heterocycles. The van der Waals surface area contributed by atoms with E-state index < -0.39 is 0 Å². The largest absolute Gasteiger partial charge is 0.360 e. The normalized spacial score (nSPS) is 18.3. The number of aromatic nitrogens is 1. The van der Waals surface area contributed by atoms with Crippen molar-refractivity contribution in [3.05, 3.63) is 58.7 Å². The zero-order chi connectivity index (χ0) is 16.7. The lowest BCUT2D eigenvalue weighted by Crippen LogP contribution is -2.13. The molecule has 4 rings (SSSR count). The smallest absolute Gasteiger partial charge is 0.152 e. The van der Waals surface area contributed by atoms with Gasteiger partial charge in [0.2, 0.25) is 0 Å². The van der Waals surface area contributed by atoms with E-state index in [1.165, 1.54) is 12.0 Å². The van der Waals surface area contributed by atoms with Crippen LogP contribution in [0.4, 0.5) is 0 Å². The summed E-state index contributed by atoms with van der Waals surface area (Å²) in [4.78, 5) is 16.6. The lowest BCUT2D eigenvalue weighted by molar-refractivity contribution is 0.112. The summed E-state index contributed by atoms with van der Waals surface area (Å²) in [6, 6.07) is 12.6. The number of H-pyrrole nitrogens is 1. The second-order valence-corrected chi connectivity index (χ2v) is 7.02. The summed E-state index contributed by atoms with van der Waals surface area (Å²) in [7, 11) is 2.17. The molecule has 2 aromatic carbocycles. The summed E-state index contributed by atoms with van der Waals surface area (Å²) >= 11 is 6.46. The zero-order valence-electron chi connectivity index (χ0n) is 13.6. The van der Waals surface area contributed by atoms with Crippen LogP contribution in [0.1, 0.15) is 28.3 Å². The number of benzene rings is 2. The van der Waals surface area contributed by atoms with Crippen LogP contribution in [0.2, 0.25) is 5.02 Å². The fraction of sp³-hybridized carbons (Fsp3) is 0.250. The molecule has 1 aromatic heterocycles. The van der Waals surface area contributed by atoms with Crippen LogP contribution < -0.4 is 0 Å². The first-order valence-corrected chi connectivity index (χ1v) is 8.58. The maximum Gasteiger partial charge on any atom is 0.152 e. The highest BCUT2D eigenvalue weighted by molar-refractivity contribution is 6.34. The molecule has 1 aliphatic rings. The third kappa shape index (κ3) is 2.64. The van der Waals surface area contributed by atoms with Gasteiger partial charge in [0.1, 0.15) is 0 Å². The number of hydrogen-bond acceptors (Lipinski definition) is 2. The van der Waals surface area contributed by atoms with Gasteiger partial charge in [-0.05, 0) is 49.2 Å². The fourth-order valence-electron chi connectivity index (χ4n) is 3.63. The van der Waals surface area contributed by atoms with Gasteiger partial charge in [0, 0.05) is 34.8 Å². The number of nitrogens with zero attached hydrogens (tertiary/aromatic N) is 1. The standard InChI is InChI=1S/C20H19ClN2O/c1-23-7-6-15(11-23)13-2-4-14(5-3-13)17-8-18-16(12-24)10-22-20(18)9-19(17)21/h2-5,8-10,12,15,22H,6-7,11H2,1H3/t15-/m1/s1. The van der Waals surface area contributed by atoms with Crippen LogP contribution in [0, 0.1) is 0 Å². The molecular weight excluding hydrogens is 320 g/mol. The second kappa shape index (κ2) is 6.08. The molecule has 24 heavy (non-hydrogen) atoms. The maximum atomic E-state index is 11.2. The summed E-state index contributed by atoms with van der Waals surface area (Å²) in [5, 5.41) is 1.60. The highest BCUT2D eigenvalue weighted by Gasteiger charge is 2.21. The predicted molar refractivity (Wildman–Crippen MR) is 99.0 cm³/mol. The van der Waals surface area contributed by atoms with E-state index in [0.717, 1.165) is 41.4 Å². The summed E-state index contributed by atoms with van der Waals surface area (Å²) in [5.74, 6) is 0.619. The Hall–Kier alpha value is -2.10. The number of nitrogens with one attached hydrogen (secondary N) is 1. The number of hydrogen-bond donors (Lipinski definition) is 1. The van der Waals surface area contributed by atoms with E-state index in [1.807, 2.05) is 12.1 Å². The number of fused-ring (bicyclic) bond motifs is 1. The molecule has 1 atom stereocenters. The Bertz CT molecular complexity index is 898. The van der Waals surface area contributed by atoms with Gasteiger partial charge in [-0.2, -0.15) is 0 Å². The van der Waals surface area contributed by atoms with Crippen molar-refractivity contribution in [1.29, 1.82) is 0 Å². The van der Waals surface area contributed by atoms with Crippen LogP contribution in [-0.2, 0) is 0 Å². The Morgan fingerprint density at radius 1 is 1.25 bits per heavy atom. The number of aldehydes is 1. The van der Waals surface area contributed by atoms with Crippen molar-refractivity contribution in [3.8, 4) is 11.1 Å². The third-order valence-corrected chi connectivity index (χ3v) is 5.33.